The molecule has 0 aromatic heterocycles. The second kappa shape index (κ2) is 12.8. The number of ether oxygens (including phenoxy) is 2. The number of carbonyl (C=O) groups is 2. The predicted molar refractivity (Wildman–Crippen MR) is 171 cm³/mol. The number of benzene rings is 2. The van der Waals surface area contributed by atoms with Gasteiger partial charge in [0, 0.05) is 53.8 Å². The molecule has 0 saturated heterocycles. The fourth-order valence-corrected chi connectivity index (χ4v) is 6.69. The lowest BCUT2D eigenvalue weighted by atomic mass is 9.71. The van der Waals surface area contributed by atoms with Gasteiger partial charge in [0.2, 0.25) is 0 Å². The molecule has 0 amide bonds. The number of rotatable bonds is 12. The van der Waals surface area contributed by atoms with E-state index in [0.29, 0.717) is 26.1 Å². The maximum atomic E-state index is 12.1. The van der Waals surface area contributed by atoms with Crippen LogP contribution >= 0.6 is 0 Å². The second-order valence-electron chi connectivity index (χ2n) is 12.5. The molecule has 0 fully saturated rings. The van der Waals surface area contributed by atoms with Crippen LogP contribution in [0.25, 0.3) is 0 Å². The molecule has 2 heterocycles. The summed E-state index contributed by atoms with van der Waals surface area (Å²) in [4.78, 5) is 29.0. The van der Waals surface area contributed by atoms with E-state index in [1.807, 2.05) is 13.8 Å². The number of hydrogen-bond donors (Lipinski definition) is 0. The van der Waals surface area contributed by atoms with Crippen LogP contribution in [-0.4, -0.2) is 43.8 Å². The Kier molecular flexibility index (Phi) is 9.54. The van der Waals surface area contributed by atoms with Gasteiger partial charge in [-0.3, -0.25) is 9.59 Å². The Bertz CT molecular complexity index is 1340. The molecule has 2 aliphatic rings. The number of nitrogens with zero attached hydrogens (tertiary/aromatic N) is 2. The summed E-state index contributed by atoms with van der Waals surface area (Å²) >= 11 is 0. The Labute approximate surface area is 252 Å². The van der Waals surface area contributed by atoms with Crippen molar-refractivity contribution in [1.82, 2.24) is 0 Å². The molecule has 2 aromatic carbocycles. The second-order valence-corrected chi connectivity index (χ2v) is 12.5. The minimum absolute atomic E-state index is 0.141. The van der Waals surface area contributed by atoms with Crippen LogP contribution < -0.4 is 9.80 Å². The molecule has 42 heavy (non-hydrogen) atoms. The third-order valence-corrected chi connectivity index (χ3v) is 9.30. The summed E-state index contributed by atoms with van der Waals surface area (Å²) in [5.74, 6) is -0.286. The molecule has 226 valence electrons. The molecule has 1 unspecified atom stereocenters. The van der Waals surface area contributed by atoms with E-state index >= 15 is 0 Å². The number of anilines is 2. The highest BCUT2D eigenvalue weighted by Crippen LogP contribution is 2.53. The maximum absolute atomic E-state index is 12.1. The summed E-state index contributed by atoms with van der Waals surface area (Å²) < 4.78 is 10.4. The van der Waals surface area contributed by atoms with Crippen LogP contribution in [0.2, 0.25) is 0 Å². The topological polar surface area (TPSA) is 59.1 Å². The van der Waals surface area contributed by atoms with Crippen molar-refractivity contribution in [2.45, 2.75) is 90.5 Å². The van der Waals surface area contributed by atoms with Crippen LogP contribution in [0.4, 0.5) is 11.4 Å². The Hall–Kier alpha value is -3.54. The Morgan fingerprint density at radius 2 is 1.31 bits per heavy atom. The minimum atomic E-state index is -0.313. The third-order valence-electron chi connectivity index (χ3n) is 9.30. The fourth-order valence-electron chi connectivity index (χ4n) is 6.69. The van der Waals surface area contributed by atoms with E-state index in [1.54, 1.807) is 0 Å². The van der Waals surface area contributed by atoms with Crippen molar-refractivity contribution in [2.24, 2.45) is 0 Å². The first-order valence-corrected chi connectivity index (χ1v) is 15.4. The van der Waals surface area contributed by atoms with Gasteiger partial charge in [-0.05, 0) is 62.9 Å². The van der Waals surface area contributed by atoms with Gasteiger partial charge in [-0.2, -0.15) is 0 Å². The van der Waals surface area contributed by atoms with E-state index in [-0.39, 0.29) is 28.3 Å². The highest BCUT2D eigenvalue weighted by Gasteiger charge is 2.51. The molecule has 0 saturated carbocycles. The lowest BCUT2D eigenvalue weighted by Crippen LogP contribution is -2.52. The zero-order valence-corrected chi connectivity index (χ0v) is 26.5. The standard InChI is InChI=1S/C36H48N2O4/c1-8-41-32(39)22-15-25-37-29-19-12-10-17-27(29)34(3,4)31(37)21-14-24-36(7)35(5,6)28-18-11-13-20-30(28)38(36)26-16-23-33(40)42-9-2/h10-14,17-21,24H,8-9,15-16,22-23,25-26H2,1-7H3/b24-14+,31-21+. The summed E-state index contributed by atoms with van der Waals surface area (Å²) in [6, 6.07) is 17.2. The quantitative estimate of drug-likeness (QED) is 0.246. The molecule has 0 N–H and O–H groups in total. The van der Waals surface area contributed by atoms with Crippen molar-refractivity contribution in [1.29, 1.82) is 0 Å². The monoisotopic (exact) mass is 572 g/mol. The van der Waals surface area contributed by atoms with Gasteiger partial charge in [-0.1, -0.05) is 76.2 Å². The van der Waals surface area contributed by atoms with Crippen molar-refractivity contribution in [2.75, 3.05) is 36.1 Å². The molecule has 0 spiro atoms. The van der Waals surface area contributed by atoms with Gasteiger partial charge in [0.25, 0.3) is 0 Å². The molecule has 6 nitrogen and oxygen atoms in total. The van der Waals surface area contributed by atoms with Crippen molar-refractivity contribution in [3.05, 3.63) is 83.6 Å². The molecular weight excluding hydrogens is 524 g/mol. The van der Waals surface area contributed by atoms with Gasteiger partial charge in [0.1, 0.15) is 0 Å². The molecular formula is C36H48N2O4. The van der Waals surface area contributed by atoms with E-state index in [0.717, 1.165) is 25.9 Å². The van der Waals surface area contributed by atoms with Gasteiger partial charge < -0.3 is 19.3 Å². The number of fused-ring (bicyclic) bond motifs is 2. The lowest BCUT2D eigenvalue weighted by molar-refractivity contribution is -0.144. The zero-order valence-electron chi connectivity index (χ0n) is 26.5. The van der Waals surface area contributed by atoms with Gasteiger partial charge in [0.05, 0.1) is 18.8 Å². The van der Waals surface area contributed by atoms with E-state index in [9.17, 15) is 9.59 Å². The summed E-state index contributed by atoms with van der Waals surface area (Å²) in [5.41, 5.74) is 5.60. The first-order chi connectivity index (χ1) is 20.0. The Morgan fingerprint density at radius 1 is 0.762 bits per heavy atom. The van der Waals surface area contributed by atoms with Crippen molar-refractivity contribution in [3.63, 3.8) is 0 Å². The first-order valence-electron chi connectivity index (χ1n) is 15.4. The normalized spacial score (nSPS) is 21.1. The number of para-hydroxylation sites is 2. The van der Waals surface area contributed by atoms with Crippen LogP contribution in [0.3, 0.4) is 0 Å². The van der Waals surface area contributed by atoms with Crippen LogP contribution in [-0.2, 0) is 29.9 Å². The van der Waals surface area contributed by atoms with Crippen molar-refractivity contribution >= 4 is 23.3 Å². The smallest absolute Gasteiger partial charge is 0.305 e. The third kappa shape index (κ3) is 5.86. The van der Waals surface area contributed by atoms with Crippen LogP contribution in [0.5, 0.6) is 0 Å². The van der Waals surface area contributed by atoms with Crippen LogP contribution in [0.1, 0.15) is 85.3 Å². The predicted octanol–water partition coefficient (Wildman–Crippen LogP) is 7.47. The van der Waals surface area contributed by atoms with Crippen molar-refractivity contribution in [3.8, 4) is 0 Å². The highest BCUT2D eigenvalue weighted by atomic mass is 16.5. The van der Waals surface area contributed by atoms with Gasteiger partial charge in [-0.15, -0.1) is 0 Å². The van der Waals surface area contributed by atoms with E-state index in [4.69, 9.17) is 9.47 Å². The number of esters is 2. The van der Waals surface area contributed by atoms with E-state index in [2.05, 4.69) is 111 Å². The van der Waals surface area contributed by atoms with Gasteiger partial charge in [0.15, 0.2) is 0 Å². The zero-order chi connectivity index (χ0) is 30.5. The van der Waals surface area contributed by atoms with Crippen LogP contribution in [0, 0.1) is 0 Å². The molecule has 0 bridgehead atoms. The summed E-state index contributed by atoms with van der Waals surface area (Å²) in [5, 5.41) is 0. The largest absolute Gasteiger partial charge is 0.466 e. The first kappa shape index (κ1) is 31.4. The van der Waals surface area contributed by atoms with E-state index in [1.165, 1.54) is 28.2 Å². The lowest BCUT2D eigenvalue weighted by Gasteiger charge is -2.43. The summed E-state index contributed by atoms with van der Waals surface area (Å²) in [6.07, 6.45) is 9.06. The molecule has 1 atom stereocenters. The summed E-state index contributed by atoms with van der Waals surface area (Å²) in [7, 11) is 0. The van der Waals surface area contributed by atoms with Crippen molar-refractivity contribution < 1.29 is 19.1 Å². The number of carbonyl (C=O) groups excluding carboxylic acids is 2. The maximum Gasteiger partial charge on any atom is 0.305 e. The summed E-state index contributed by atoms with van der Waals surface area (Å²) in [6.45, 7) is 17.5. The minimum Gasteiger partial charge on any atom is -0.466 e. The SMILES string of the molecule is CCOC(=O)CCCN1/C(=C/C=C/C2(C)N(CCCC(=O)OCC)c3ccccc3C2(C)C)C(C)(C)c2ccccc21. The molecule has 0 radical (unpaired) electrons. The molecule has 2 aromatic rings. The Morgan fingerprint density at radius 3 is 1.93 bits per heavy atom. The van der Waals surface area contributed by atoms with Crippen LogP contribution in [0.15, 0.2) is 72.5 Å². The fraction of sp³-hybridized carbons (Fsp3) is 0.500. The van der Waals surface area contributed by atoms with E-state index < -0.39 is 0 Å². The highest BCUT2D eigenvalue weighted by molar-refractivity contribution is 5.73. The molecule has 2 aliphatic heterocycles. The molecule has 4 rings (SSSR count). The number of hydrogen-bond acceptors (Lipinski definition) is 6. The van der Waals surface area contributed by atoms with Gasteiger partial charge in [-0.25, -0.2) is 0 Å². The average Bonchev–Trinajstić information content (AvgIpc) is 3.26. The molecule has 0 aliphatic carbocycles. The molecule has 6 heteroatoms. The average molecular weight is 573 g/mol. The Balaban J connectivity index is 1.64. The number of allylic oxidation sites excluding steroid dienone is 3. The van der Waals surface area contributed by atoms with Gasteiger partial charge >= 0.3 is 11.9 Å².